The lowest BCUT2D eigenvalue weighted by atomic mass is 10.2. The predicted octanol–water partition coefficient (Wildman–Crippen LogP) is 4.61. The second kappa shape index (κ2) is 8.14. The van der Waals surface area contributed by atoms with Crippen LogP contribution in [0.25, 0.3) is 0 Å². The van der Waals surface area contributed by atoms with Crippen molar-refractivity contribution in [2.75, 3.05) is 17.7 Å². The molecule has 0 atom stereocenters. The van der Waals surface area contributed by atoms with Crippen LogP contribution >= 0.6 is 0 Å². The summed E-state index contributed by atoms with van der Waals surface area (Å²) < 4.78 is 17.9. The zero-order valence-electron chi connectivity index (χ0n) is 14.5. The number of ether oxygens (including phenoxy) is 1. The molecule has 3 aromatic carbocycles. The van der Waals surface area contributed by atoms with Crippen LogP contribution in [0, 0.1) is 5.82 Å². The van der Waals surface area contributed by atoms with E-state index in [0.717, 1.165) is 11.4 Å². The van der Waals surface area contributed by atoms with E-state index < -0.39 is 5.82 Å². The van der Waals surface area contributed by atoms with Crippen molar-refractivity contribution >= 4 is 28.9 Å². The summed E-state index contributed by atoms with van der Waals surface area (Å²) in [6, 6.07) is 19.5. The van der Waals surface area contributed by atoms with Gasteiger partial charge in [0.1, 0.15) is 5.82 Å². The highest BCUT2D eigenvalue weighted by molar-refractivity contribution is 6.04. The Labute approximate surface area is 155 Å². The summed E-state index contributed by atoms with van der Waals surface area (Å²) in [6.07, 6.45) is 0. The Morgan fingerprint density at radius 1 is 0.815 bits per heavy atom. The summed E-state index contributed by atoms with van der Waals surface area (Å²) in [6.45, 7) is 0. The number of nitrogens with one attached hydrogen (secondary N) is 2. The summed E-state index contributed by atoms with van der Waals surface area (Å²) >= 11 is 0. The van der Waals surface area contributed by atoms with Crippen LogP contribution in [-0.2, 0) is 4.74 Å². The molecule has 0 spiro atoms. The molecule has 0 aliphatic rings. The molecule has 1 amide bonds. The number of methoxy groups -OCH3 is 1. The monoisotopic (exact) mass is 364 g/mol. The number of esters is 1. The van der Waals surface area contributed by atoms with E-state index in [4.69, 9.17) is 0 Å². The molecular weight excluding hydrogens is 347 g/mol. The van der Waals surface area contributed by atoms with Crippen LogP contribution in [0.2, 0.25) is 0 Å². The lowest BCUT2D eigenvalue weighted by Gasteiger charge is -2.09. The lowest BCUT2D eigenvalue weighted by Crippen LogP contribution is -2.11. The molecule has 0 aromatic heterocycles. The minimum Gasteiger partial charge on any atom is -0.465 e. The van der Waals surface area contributed by atoms with Crippen molar-refractivity contribution in [1.82, 2.24) is 0 Å². The third-order valence-electron chi connectivity index (χ3n) is 3.82. The van der Waals surface area contributed by atoms with Crippen LogP contribution in [0.3, 0.4) is 0 Å². The summed E-state index contributed by atoms with van der Waals surface area (Å²) in [5.41, 5.74) is 2.93. The Balaban J connectivity index is 1.63. The van der Waals surface area contributed by atoms with Crippen molar-refractivity contribution in [3.63, 3.8) is 0 Å². The maximum absolute atomic E-state index is 13.2. The zero-order chi connectivity index (χ0) is 19.2. The van der Waals surface area contributed by atoms with E-state index in [1.165, 1.54) is 25.3 Å². The smallest absolute Gasteiger partial charge is 0.337 e. The second-order valence-corrected chi connectivity index (χ2v) is 5.74. The first-order valence-corrected chi connectivity index (χ1v) is 8.17. The summed E-state index contributed by atoms with van der Waals surface area (Å²) in [5.74, 6) is -1.23. The Bertz CT molecular complexity index is 954. The van der Waals surface area contributed by atoms with Crippen molar-refractivity contribution < 1.29 is 18.7 Å². The van der Waals surface area contributed by atoms with Gasteiger partial charge in [0.25, 0.3) is 5.91 Å². The SMILES string of the molecule is COC(=O)c1ccc(Nc2ccc(NC(=O)c3cccc(F)c3)cc2)cc1. The van der Waals surface area contributed by atoms with Gasteiger partial charge in [0.2, 0.25) is 0 Å². The van der Waals surface area contributed by atoms with Crippen LogP contribution in [0.1, 0.15) is 20.7 Å². The third-order valence-corrected chi connectivity index (χ3v) is 3.82. The van der Waals surface area contributed by atoms with Gasteiger partial charge in [0.15, 0.2) is 0 Å². The summed E-state index contributed by atoms with van der Waals surface area (Å²) in [4.78, 5) is 23.6. The van der Waals surface area contributed by atoms with Gasteiger partial charge in [0, 0.05) is 22.6 Å². The topological polar surface area (TPSA) is 67.4 Å². The van der Waals surface area contributed by atoms with Crippen LogP contribution in [0.4, 0.5) is 21.5 Å². The van der Waals surface area contributed by atoms with E-state index >= 15 is 0 Å². The van der Waals surface area contributed by atoms with Crippen molar-refractivity contribution in [3.05, 3.63) is 89.7 Å². The standard InChI is InChI=1S/C21H17FN2O3/c1-27-21(26)14-5-7-17(8-6-14)23-18-9-11-19(12-10-18)24-20(25)15-3-2-4-16(22)13-15/h2-13,23H,1H3,(H,24,25). The number of rotatable bonds is 5. The Kier molecular flexibility index (Phi) is 5.47. The number of carbonyl (C=O) groups is 2. The van der Waals surface area contributed by atoms with Crippen molar-refractivity contribution in [2.24, 2.45) is 0 Å². The normalized spacial score (nSPS) is 10.1. The van der Waals surface area contributed by atoms with Gasteiger partial charge in [0.05, 0.1) is 12.7 Å². The first-order chi connectivity index (χ1) is 13.0. The second-order valence-electron chi connectivity index (χ2n) is 5.74. The van der Waals surface area contributed by atoms with E-state index in [1.54, 1.807) is 54.6 Å². The number of hydrogen-bond donors (Lipinski definition) is 2. The van der Waals surface area contributed by atoms with Gasteiger partial charge in [-0.15, -0.1) is 0 Å². The molecule has 0 radical (unpaired) electrons. The number of halogens is 1. The van der Waals surface area contributed by atoms with Crippen LogP contribution in [0.5, 0.6) is 0 Å². The van der Waals surface area contributed by atoms with Crippen LogP contribution < -0.4 is 10.6 Å². The van der Waals surface area contributed by atoms with E-state index in [-0.39, 0.29) is 17.4 Å². The highest BCUT2D eigenvalue weighted by atomic mass is 19.1. The van der Waals surface area contributed by atoms with Gasteiger partial charge in [-0.1, -0.05) is 6.07 Å². The van der Waals surface area contributed by atoms with Gasteiger partial charge in [-0.2, -0.15) is 0 Å². The predicted molar refractivity (Wildman–Crippen MR) is 102 cm³/mol. The van der Waals surface area contributed by atoms with Crippen molar-refractivity contribution in [1.29, 1.82) is 0 Å². The molecule has 0 saturated heterocycles. The van der Waals surface area contributed by atoms with Crippen molar-refractivity contribution in [3.8, 4) is 0 Å². The lowest BCUT2D eigenvalue weighted by molar-refractivity contribution is 0.0600. The number of amides is 1. The molecule has 0 aliphatic carbocycles. The molecule has 3 aromatic rings. The Morgan fingerprint density at radius 2 is 1.41 bits per heavy atom. The van der Waals surface area contributed by atoms with Gasteiger partial charge >= 0.3 is 5.97 Å². The fraction of sp³-hybridized carbons (Fsp3) is 0.0476. The molecule has 0 heterocycles. The molecule has 0 aliphatic heterocycles. The minimum absolute atomic E-state index is 0.253. The third kappa shape index (κ3) is 4.70. The van der Waals surface area contributed by atoms with E-state index in [2.05, 4.69) is 15.4 Å². The van der Waals surface area contributed by atoms with E-state index in [0.29, 0.717) is 11.3 Å². The number of hydrogen-bond acceptors (Lipinski definition) is 4. The number of carbonyl (C=O) groups excluding carboxylic acids is 2. The van der Waals surface area contributed by atoms with Crippen molar-refractivity contribution in [2.45, 2.75) is 0 Å². The minimum atomic E-state index is -0.458. The molecule has 5 nitrogen and oxygen atoms in total. The highest BCUT2D eigenvalue weighted by Crippen LogP contribution is 2.20. The maximum Gasteiger partial charge on any atom is 0.337 e. The molecule has 3 rings (SSSR count). The zero-order valence-corrected chi connectivity index (χ0v) is 14.5. The molecule has 6 heteroatoms. The number of anilines is 3. The molecule has 2 N–H and O–H groups in total. The largest absolute Gasteiger partial charge is 0.465 e. The summed E-state index contributed by atoms with van der Waals surface area (Å²) in [7, 11) is 1.34. The maximum atomic E-state index is 13.2. The van der Waals surface area contributed by atoms with Crippen LogP contribution in [0.15, 0.2) is 72.8 Å². The summed E-state index contributed by atoms with van der Waals surface area (Å²) in [5, 5.41) is 5.91. The molecule has 0 bridgehead atoms. The Morgan fingerprint density at radius 3 is 2.00 bits per heavy atom. The van der Waals surface area contributed by atoms with E-state index in [1.807, 2.05) is 0 Å². The van der Waals surface area contributed by atoms with Gasteiger partial charge < -0.3 is 15.4 Å². The van der Waals surface area contributed by atoms with E-state index in [9.17, 15) is 14.0 Å². The van der Waals surface area contributed by atoms with Gasteiger partial charge in [-0.25, -0.2) is 9.18 Å². The fourth-order valence-corrected chi connectivity index (χ4v) is 2.44. The quantitative estimate of drug-likeness (QED) is 0.649. The van der Waals surface area contributed by atoms with Gasteiger partial charge in [-0.05, 0) is 66.7 Å². The first-order valence-electron chi connectivity index (χ1n) is 8.17. The Hall–Kier alpha value is -3.67. The molecule has 0 fully saturated rings. The molecular formula is C21H17FN2O3. The average molecular weight is 364 g/mol. The highest BCUT2D eigenvalue weighted by Gasteiger charge is 2.07. The fourth-order valence-electron chi connectivity index (χ4n) is 2.44. The molecule has 0 unspecified atom stereocenters. The van der Waals surface area contributed by atoms with Gasteiger partial charge in [-0.3, -0.25) is 4.79 Å². The molecule has 136 valence electrons. The van der Waals surface area contributed by atoms with Crippen LogP contribution in [-0.4, -0.2) is 19.0 Å². The molecule has 0 saturated carbocycles. The first kappa shape index (κ1) is 18.1. The molecule has 27 heavy (non-hydrogen) atoms. The average Bonchev–Trinajstić information content (AvgIpc) is 2.69. The number of benzene rings is 3.